The first-order chi connectivity index (χ1) is 12.2. The lowest BCUT2D eigenvalue weighted by Crippen LogP contribution is -2.24. The molecule has 1 aromatic carbocycles. The first kappa shape index (κ1) is 18.7. The van der Waals surface area contributed by atoms with E-state index in [4.69, 9.17) is 15.9 Å². The van der Waals surface area contributed by atoms with Crippen molar-refractivity contribution >= 4 is 5.91 Å². The highest BCUT2D eigenvalue weighted by Crippen LogP contribution is 2.25. The van der Waals surface area contributed by atoms with Crippen molar-refractivity contribution in [2.24, 2.45) is 11.5 Å². The molecule has 0 atom stereocenters. The van der Waals surface area contributed by atoms with Crippen LogP contribution in [0.1, 0.15) is 34.5 Å². The van der Waals surface area contributed by atoms with Crippen molar-refractivity contribution in [2.75, 3.05) is 19.6 Å². The van der Waals surface area contributed by atoms with Crippen LogP contribution in [0.15, 0.2) is 34.7 Å². The molecule has 2 aromatic rings. The largest absolute Gasteiger partial charge is 0.451 e. The highest BCUT2D eigenvalue weighted by molar-refractivity contribution is 5.92. The number of amides is 1. The van der Waals surface area contributed by atoms with E-state index in [1.807, 2.05) is 6.07 Å². The number of aliphatic hydroxyl groups excluding tert-OH is 1. The summed E-state index contributed by atoms with van der Waals surface area (Å²) in [5.74, 6) is 6.24. The summed E-state index contributed by atoms with van der Waals surface area (Å²) >= 11 is 0. The summed E-state index contributed by atoms with van der Waals surface area (Å²) in [7, 11) is 0. The van der Waals surface area contributed by atoms with Crippen molar-refractivity contribution in [3.8, 4) is 23.2 Å². The smallest absolute Gasteiger partial charge is 0.287 e. The zero-order valence-corrected chi connectivity index (χ0v) is 14.0. The SMILES string of the molecule is NCC#Cc1ccc(-c2ccc(C(=O)NCCCCN)o2)cc1CO. The molecule has 6 nitrogen and oxygen atoms in total. The van der Waals surface area contributed by atoms with Crippen LogP contribution in [0.2, 0.25) is 0 Å². The van der Waals surface area contributed by atoms with Gasteiger partial charge in [0.15, 0.2) is 5.76 Å². The number of hydrogen-bond donors (Lipinski definition) is 4. The quantitative estimate of drug-likeness (QED) is 0.446. The second kappa shape index (κ2) is 9.64. The molecule has 2 rings (SSSR count). The maximum Gasteiger partial charge on any atom is 0.287 e. The van der Waals surface area contributed by atoms with Gasteiger partial charge in [-0.05, 0) is 55.3 Å². The molecule has 0 bridgehead atoms. The van der Waals surface area contributed by atoms with Crippen molar-refractivity contribution < 1.29 is 14.3 Å². The Morgan fingerprint density at radius 2 is 2.04 bits per heavy atom. The Hall–Kier alpha value is -2.59. The average Bonchev–Trinajstić information content (AvgIpc) is 3.13. The molecular weight excluding hydrogens is 318 g/mol. The van der Waals surface area contributed by atoms with E-state index in [0.717, 1.165) is 24.0 Å². The van der Waals surface area contributed by atoms with Crippen molar-refractivity contribution in [2.45, 2.75) is 19.4 Å². The number of aliphatic hydroxyl groups is 1. The van der Waals surface area contributed by atoms with Crippen molar-refractivity contribution in [1.82, 2.24) is 5.32 Å². The molecule has 0 saturated heterocycles. The predicted molar refractivity (Wildman–Crippen MR) is 96.6 cm³/mol. The van der Waals surface area contributed by atoms with E-state index in [1.165, 1.54) is 0 Å². The molecule has 6 heteroatoms. The Morgan fingerprint density at radius 3 is 2.76 bits per heavy atom. The second-order valence-corrected chi connectivity index (χ2v) is 5.45. The van der Waals surface area contributed by atoms with Gasteiger partial charge in [0.2, 0.25) is 0 Å². The first-order valence-corrected chi connectivity index (χ1v) is 8.20. The zero-order valence-electron chi connectivity index (χ0n) is 14.0. The Bertz CT molecular complexity index is 772. The van der Waals surface area contributed by atoms with E-state index in [2.05, 4.69) is 17.2 Å². The first-order valence-electron chi connectivity index (χ1n) is 8.20. The minimum Gasteiger partial charge on any atom is -0.451 e. The van der Waals surface area contributed by atoms with Gasteiger partial charge in [-0.2, -0.15) is 0 Å². The highest BCUT2D eigenvalue weighted by atomic mass is 16.3. The van der Waals surface area contributed by atoms with Crippen molar-refractivity contribution in [3.63, 3.8) is 0 Å². The van der Waals surface area contributed by atoms with Crippen molar-refractivity contribution in [3.05, 3.63) is 47.2 Å². The number of nitrogens with one attached hydrogen (secondary N) is 1. The number of hydrogen-bond acceptors (Lipinski definition) is 5. The Morgan fingerprint density at radius 1 is 1.20 bits per heavy atom. The fourth-order valence-electron chi connectivity index (χ4n) is 2.32. The summed E-state index contributed by atoms with van der Waals surface area (Å²) in [6.45, 7) is 1.29. The molecule has 0 aliphatic heterocycles. The number of carbonyl (C=O) groups excluding carboxylic acids is 1. The van der Waals surface area contributed by atoms with E-state index in [0.29, 0.717) is 24.4 Å². The molecule has 1 aromatic heterocycles. The minimum atomic E-state index is -0.254. The van der Waals surface area contributed by atoms with Crippen LogP contribution in [0.5, 0.6) is 0 Å². The van der Waals surface area contributed by atoms with Crippen LogP contribution in [-0.4, -0.2) is 30.6 Å². The van der Waals surface area contributed by atoms with E-state index < -0.39 is 0 Å². The lowest BCUT2D eigenvalue weighted by molar-refractivity contribution is 0.0926. The molecule has 25 heavy (non-hydrogen) atoms. The third-order valence-corrected chi connectivity index (χ3v) is 3.63. The summed E-state index contributed by atoms with van der Waals surface area (Å²) in [5, 5.41) is 12.3. The summed E-state index contributed by atoms with van der Waals surface area (Å²) in [6, 6.07) is 8.80. The Kier molecular flexibility index (Phi) is 7.23. The van der Waals surface area contributed by atoms with Crippen LogP contribution in [0.4, 0.5) is 0 Å². The average molecular weight is 341 g/mol. The van der Waals surface area contributed by atoms with Gasteiger partial charge >= 0.3 is 0 Å². The van der Waals surface area contributed by atoms with Crippen molar-refractivity contribution in [1.29, 1.82) is 0 Å². The highest BCUT2D eigenvalue weighted by Gasteiger charge is 2.12. The van der Waals surface area contributed by atoms with Gasteiger partial charge in [0.1, 0.15) is 5.76 Å². The van der Waals surface area contributed by atoms with Crippen LogP contribution >= 0.6 is 0 Å². The molecule has 0 saturated carbocycles. The van der Waals surface area contributed by atoms with Crippen LogP contribution in [0.25, 0.3) is 11.3 Å². The lowest BCUT2D eigenvalue weighted by atomic mass is 10.0. The summed E-state index contributed by atoms with van der Waals surface area (Å²) in [5.41, 5.74) is 13.0. The number of furan rings is 1. The van der Waals surface area contributed by atoms with Gasteiger partial charge in [0.25, 0.3) is 5.91 Å². The van der Waals surface area contributed by atoms with Crippen LogP contribution in [-0.2, 0) is 6.61 Å². The molecular formula is C19H23N3O3. The number of carbonyl (C=O) groups is 1. The number of nitrogens with two attached hydrogens (primary N) is 2. The van der Waals surface area contributed by atoms with Gasteiger partial charge in [-0.3, -0.25) is 4.79 Å². The van der Waals surface area contributed by atoms with Gasteiger partial charge in [0.05, 0.1) is 13.2 Å². The minimum absolute atomic E-state index is 0.141. The summed E-state index contributed by atoms with van der Waals surface area (Å²) in [4.78, 5) is 12.0. The molecule has 132 valence electrons. The maximum absolute atomic E-state index is 12.0. The topological polar surface area (TPSA) is 115 Å². The molecule has 0 aliphatic rings. The summed E-state index contributed by atoms with van der Waals surface area (Å²) < 4.78 is 5.63. The number of unbranched alkanes of at least 4 members (excludes halogenated alkanes) is 1. The predicted octanol–water partition coefficient (Wildman–Crippen LogP) is 1.22. The third-order valence-electron chi connectivity index (χ3n) is 3.63. The fourth-order valence-corrected chi connectivity index (χ4v) is 2.32. The van der Waals surface area contributed by atoms with E-state index in [-0.39, 0.29) is 24.8 Å². The fraction of sp³-hybridized carbons (Fsp3) is 0.316. The summed E-state index contributed by atoms with van der Waals surface area (Å²) in [6.07, 6.45) is 1.70. The Labute approximate surface area is 147 Å². The van der Waals surface area contributed by atoms with Crippen LogP contribution < -0.4 is 16.8 Å². The van der Waals surface area contributed by atoms with E-state index in [1.54, 1.807) is 24.3 Å². The molecule has 6 N–H and O–H groups in total. The van der Waals surface area contributed by atoms with E-state index in [9.17, 15) is 9.90 Å². The molecule has 1 amide bonds. The maximum atomic E-state index is 12.0. The van der Waals surface area contributed by atoms with Gasteiger partial charge < -0.3 is 26.3 Å². The van der Waals surface area contributed by atoms with Crippen LogP contribution in [0, 0.1) is 11.8 Å². The molecule has 0 radical (unpaired) electrons. The number of rotatable bonds is 7. The lowest BCUT2D eigenvalue weighted by Gasteiger charge is -2.05. The Balaban J connectivity index is 2.12. The monoisotopic (exact) mass is 341 g/mol. The van der Waals surface area contributed by atoms with Gasteiger partial charge in [-0.25, -0.2) is 0 Å². The molecule has 0 aliphatic carbocycles. The molecule has 1 heterocycles. The normalized spacial score (nSPS) is 10.2. The van der Waals surface area contributed by atoms with Gasteiger partial charge in [0, 0.05) is 17.7 Å². The zero-order chi connectivity index (χ0) is 18.1. The second-order valence-electron chi connectivity index (χ2n) is 5.45. The van der Waals surface area contributed by atoms with Crippen LogP contribution in [0.3, 0.4) is 0 Å². The van der Waals surface area contributed by atoms with Gasteiger partial charge in [-0.15, -0.1) is 0 Å². The van der Waals surface area contributed by atoms with E-state index >= 15 is 0 Å². The standard InChI is InChI=1S/C19H23N3O3/c20-9-1-2-11-22-19(24)18-8-7-17(25-18)15-6-5-14(4-3-10-21)16(12-15)13-23/h5-8,12,23H,1-2,9-11,13,20-21H2,(H,22,24). The molecule has 0 spiro atoms. The van der Waals surface area contributed by atoms with Gasteiger partial charge in [-0.1, -0.05) is 11.8 Å². The molecule has 0 unspecified atom stereocenters. The number of benzene rings is 1. The molecule has 0 fully saturated rings. The third kappa shape index (κ3) is 5.19.